The number of hydrogen-bond donors (Lipinski definition) is 2. The number of nitrogens with one attached hydrogen (secondary N) is 1. The molecule has 2 aromatic rings. The summed E-state index contributed by atoms with van der Waals surface area (Å²) >= 11 is 0. The smallest absolute Gasteiger partial charge is 0.339 e. The summed E-state index contributed by atoms with van der Waals surface area (Å²) < 4.78 is 0. The molecule has 6 heteroatoms. The SMILES string of the molecule is CC(NCc1ncncc1C(=O)O)c1ccc(C#N)cc1. The van der Waals surface area contributed by atoms with E-state index in [1.54, 1.807) is 12.1 Å². The van der Waals surface area contributed by atoms with Crippen LogP contribution >= 0.6 is 0 Å². The van der Waals surface area contributed by atoms with Gasteiger partial charge >= 0.3 is 5.97 Å². The lowest BCUT2D eigenvalue weighted by atomic mass is 10.1. The van der Waals surface area contributed by atoms with Crippen molar-refractivity contribution >= 4 is 5.97 Å². The van der Waals surface area contributed by atoms with E-state index in [1.807, 2.05) is 19.1 Å². The van der Waals surface area contributed by atoms with Crippen LogP contribution in [0.3, 0.4) is 0 Å². The summed E-state index contributed by atoms with van der Waals surface area (Å²) in [6, 6.07) is 9.32. The molecular formula is C15H14N4O2. The van der Waals surface area contributed by atoms with E-state index in [9.17, 15) is 4.79 Å². The summed E-state index contributed by atoms with van der Waals surface area (Å²) in [6.07, 6.45) is 2.62. The monoisotopic (exact) mass is 282 g/mol. The second kappa shape index (κ2) is 6.59. The first-order valence-corrected chi connectivity index (χ1v) is 6.37. The van der Waals surface area contributed by atoms with Gasteiger partial charge in [-0.2, -0.15) is 5.26 Å². The van der Waals surface area contributed by atoms with Crippen LogP contribution in [0.15, 0.2) is 36.8 Å². The van der Waals surface area contributed by atoms with Gasteiger partial charge in [0.2, 0.25) is 0 Å². The van der Waals surface area contributed by atoms with Crippen molar-refractivity contribution in [1.29, 1.82) is 5.26 Å². The Bertz CT molecular complexity index is 677. The molecule has 0 radical (unpaired) electrons. The van der Waals surface area contributed by atoms with E-state index in [1.165, 1.54) is 12.5 Å². The lowest BCUT2D eigenvalue weighted by molar-refractivity contribution is 0.0694. The number of rotatable bonds is 5. The molecule has 0 aliphatic rings. The van der Waals surface area contributed by atoms with Crippen LogP contribution in [0.1, 0.15) is 40.1 Å². The quantitative estimate of drug-likeness (QED) is 0.869. The van der Waals surface area contributed by atoms with Crippen LogP contribution in [0.2, 0.25) is 0 Å². The van der Waals surface area contributed by atoms with Gasteiger partial charge in [0.25, 0.3) is 0 Å². The third-order valence-corrected chi connectivity index (χ3v) is 3.14. The number of benzene rings is 1. The molecular weight excluding hydrogens is 268 g/mol. The highest BCUT2D eigenvalue weighted by atomic mass is 16.4. The zero-order valence-corrected chi connectivity index (χ0v) is 11.4. The van der Waals surface area contributed by atoms with E-state index in [0.717, 1.165) is 5.56 Å². The minimum atomic E-state index is -1.04. The Kier molecular flexibility index (Phi) is 4.59. The fourth-order valence-corrected chi connectivity index (χ4v) is 1.89. The van der Waals surface area contributed by atoms with Gasteiger partial charge in [0.05, 0.1) is 17.3 Å². The topological polar surface area (TPSA) is 98.9 Å². The van der Waals surface area contributed by atoms with Gasteiger partial charge in [-0.05, 0) is 24.6 Å². The van der Waals surface area contributed by atoms with Crippen LogP contribution in [-0.4, -0.2) is 21.0 Å². The Morgan fingerprint density at radius 2 is 2.14 bits per heavy atom. The van der Waals surface area contributed by atoms with Crippen molar-refractivity contribution in [2.45, 2.75) is 19.5 Å². The van der Waals surface area contributed by atoms with Crippen molar-refractivity contribution in [3.05, 3.63) is 59.2 Å². The number of aromatic nitrogens is 2. The molecule has 0 fully saturated rings. The van der Waals surface area contributed by atoms with E-state index in [0.29, 0.717) is 17.8 Å². The highest BCUT2D eigenvalue weighted by Gasteiger charge is 2.12. The number of hydrogen-bond acceptors (Lipinski definition) is 5. The molecule has 0 aliphatic heterocycles. The number of carboxylic acid groups (broad SMARTS) is 1. The van der Waals surface area contributed by atoms with Gasteiger partial charge in [-0.15, -0.1) is 0 Å². The number of nitriles is 1. The third-order valence-electron chi connectivity index (χ3n) is 3.14. The molecule has 1 atom stereocenters. The Morgan fingerprint density at radius 1 is 1.43 bits per heavy atom. The molecule has 0 spiro atoms. The molecule has 1 aromatic carbocycles. The highest BCUT2D eigenvalue weighted by Crippen LogP contribution is 2.14. The van der Waals surface area contributed by atoms with Crippen molar-refractivity contribution in [2.75, 3.05) is 0 Å². The van der Waals surface area contributed by atoms with E-state index in [-0.39, 0.29) is 11.6 Å². The fourth-order valence-electron chi connectivity index (χ4n) is 1.89. The lowest BCUT2D eigenvalue weighted by Gasteiger charge is -2.14. The molecule has 1 unspecified atom stereocenters. The van der Waals surface area contributed by atoms with Crippen LogP contribution in [0.4, 0.5) is 0 Å². The minimum Gasteiger partial charge on any atom is -0.478 e. The Labute approximate surface area is 122 Å². The summed E-state index contributed by atoms with van der Waals surface area (Å²) in [4.78, 5) is 18.8. The summed E-state index contributed by atoms with van der Waals surface area (Å²) in [6.45, 7) is 2.29. The van der Waals surface area contributed by atoms with Gasteiger partial charge in [-0.25, -0.2) is 14.8 Å². The average molecular weight is 282 g/mol. The predicted molar refractivity (Wildman–Crippen MR) is 75.4 cm³/mol. The van der Waals surface area contributed by atoms with Gasteiger partial charge in [-0.3, -0.25) is 0 Å². The minimum absolute atomic E-state index is 0.00866. The van der Waals surface area contributed by atoms with E-state index >= 15 is 0 Å². The molecule has 1 heterocycles. The van der Waals surface area contributed by atoms with Crippen molar-refractivity contribution in [1.82, 2.24) is 15.3 Å². The molecule has 1 aromatic heterocycles. The maximum absolute atomic E-state index is 11.1. The molecule has 21 heavy (non-hydrogen) atoms. The summed E-state index contributed by atoms with van der Waals surface area (Å²) in [5.74, 6) is -1.04. The van der Waals surface area contributed by atoms with Crippen LogP contribution in [0.25, 0.3) is 0 Å². The van der Waals surface area contributed by atoms with Gasteiger partial charge < -0.3 is 10.4 Å². The second-order valence-corrected chi connectivity index (χ2v) is 4.52. The first-order valence-electron chi connectivity index (χ1n) is 6.37. The molecule has 0 saturated carbocycles. The highest BCUT2D eigenvalue weighted by molar-refractivity contribution is 5.88. The van der Waals surface area contributed by atoms with Crippen LogP contribution in [-0.2, 0) is 6.54 Å². The fraction of sp³-hybridized carbons (Fsp3) is 0.200. The van der Waals surface area contributed by atoms with E-state index < -0.39 is 5.97 Å². The average Bonchev–Trinajstić information content (AvgIpc) is 2.52. The van der Waals surface area contributed by atoms with Crippen molar-refractivity contribution in [3.8, 4) is 6.07 Å². The molecule has 0 saturated heterocycles. The Balaban J connectivity index is 2.05. The molecule has 2 N–H and O–H groups in total. The number of nitrogens with zero attached hydrogens (tertiary/aromatic N) is 3. The number of aromatic carboxylic acids is 1. The van der Waals surface area contributed by atoms with Crippen molar-refractivity contribution < 1.29 is 9.90 Å². The summed E-state index contributed by atoms with van der Waals surface area (Å²) in [5.41, 5.74) is 2.16. The standard InChI is InChI=1S/C15H14N4O2/c1-10(12-4-2-11(6-16)3-5-12)18-8-14-13(15(20)21)7-17-9-19-14/h2-5,7,9-10,18H,8H2,1H3,(H,20,21). The van der Waals surface area contributed by atoms with Gasteiger partial charge in [0.15, 0.2) is 0 Å². The van der Waals surface area contributed by atoms with Crippen LogP contribution < -0.4 is 5.32 Å². The van der Waals surface area contributed by atoms with Gasteiger partial charge in [0.1, 0.15) is 11.9 Å². The lowest BCUT2D eigenvalue weighted by Crippen LogP contribution is -2.20. The molecule has 0 aliphatic carbocycles. The van der Waals surface area contributed by atoms with Crippen molar-refractivity contribution in [3.63, 3.8) is 0 Å². The molecule has 2 rings (SSSR count). The maximum atomic E-state index is 11.1. The molecule has 6 nitrogen and oxygen atoms in total. The zero-order valence-electron chi connectivity index (χ0n) is 11.4. The number of carbonyl (C=O) groups is 1. The second-order valence-electron chi connectivity index (χ2n) is 4.52. The Hall–Kier alpha value is -2.78. The third kappa shape index (κ3) is 3.61. The predicted octanol–water partition coefficient (Wildman–Crippen LogP) is 1.90. The largest absolute Gasteiger partial charge is 0.478 e. The maximum Gasteiger partial charge on any atom is 0.339 e. The first kappa shape index (κ1) is 14.6. The number of carboxylic acids is 1. The summed E-state index contributed by atoms with van der Waals surface area (Å²) in [7, 11) is 0. The van der Waals surface area contributed by atoms with Crippen LogP contribution in [0, 0.1) is 11.3 Å². The normalized spacial score (nSPS) is 11.6. The Morgan fingerprint density at radius 3 is 2.76 bits per heavy atom. The first-order chi connectivity index (χ1) is 10.1. The zero-order chi connectivity index (χ0) is 15.2. The molecule has 0 amide bonds. The van der Waals surface area contributed by atoms with E-state index in [2.05, 4.69) is 21.4 Å². The molecule has 106 valence electrons. The molecule has 0 bridgehead atoms. The van der Waals surface area contributed by atoms with E-state index in [4.69, 9.17) is 10.4 Å². The van der Waals surface area contributed by atoms with Crippen LogP contribution in [0.5, 0.6) is 0 Å². The van der Waals surface area contributed by atoms with Gasteiger partial charge in [-0.1, -0.05) is 12.1 Å². The summed E-state index contributed by atoms with van der Waals surface area (Å²) in [5, 5.41) is 21.0. The van der Waals surface area contributed by atoms with Crippen molar-refractivity contribution in [2.24, 2.45) is 0 Å². The van der Waals surface area contributed by atoms with Gasteiger partial charge in [0, 0.05) is 18.8 Å².